The molecule has 0 spiro atoms. The first-order valence-corrected chi connectivity index (χ1v) is 8.93. The maximum Gasteiger partial charge on any atom is 0.197 e. The minimum absolute atomic E-state index is 0.128. The van der Waals surface area contributed by atoms with Gasteiger partial charge in [-0.3, -0.25) is 9.19 Å². The summed E-state index contributed by atoms with van der Waals surface area (Å²) in [5, 5.41) is 10.0. The lowest BCUT2D eigenvalue weighted by molar-refractivity contribution is 0.271. The third-order valence-corrected chi connectivity index (χ3v) is 5.07. The van der Waals surface area contributed by atoms with E-state index in [2.05, 4.69) is 15.0 Å². The summed E-state index contributed by atoms with van der Waals surface area (Å²) < 4.78 is 23.2. The molecule has 3 aromatic rings. The van der Waals surface area contributed by atoms with Gasteiger partial charge >= 0.3 is 0 Å². The van der Waals surface area contributed by atoms with Crippen molar-refractivity contribution in [1.82, 2.24) is 15.0 Å². The van der Waals surface area contributed by atoms with Crippen LogP contribution in [0.3, 0.4) is 0 Å². The highest BCUT2D eigenvalue weighted by Crippen LogP contribution is 2.27. The van der Waals surface area contributed by atoms with Crippen LogP contribution in [0.25, 0.3) is 11.0 Å². The van der Waals surface area contributed by atoms with E-state index in [9.17, 15) is 9.32 Å². The van der Waals surface area contributed by atoms with Crippen LogP contribution in [0.15, 0.2) is 29.6 Å². The van der Waals surface area contributed by atoms with Crippen LogP contribution in [0.2, 0.25) is 0 Å². The van der Waals surface area contributed by atoms with E-state index in [4.69, 9.17) is 9.47 Å². The zero-order valence-electron chi connectivity index (χ0n) is 14.2. The normalized spacial score (nSPS) is 12.3. The van der Waals surface area contributed by atoms with Gasteiger partial charge in [0, 0.05) is 23.4 Å². The van der Waals surface area contributed by atoms with Crippen LogP contribution < -0.4 is 9.47 Å². The topological polar surface area (TPSA) is 97.3 Å². The molecule has 0 amide bonds. The van der Waals surface area contributed by atoms with Crippen molar-refractivity contribution in [1.29, 1.82) is 0 Å². The molecule has 0 saturated carbocycles. The van der Waals surface area contributed by atoms with Gasteiger partial charge in [-0.1, -0.05) is 0 Å². The van der Waals surface area contributed by atoms with Crippen LogP contribution in [0.4, 0.5) is 0 Å². The molecule has 1 unspecified atom stereocenters. The minimum atomic E-state index is -1.44. The maximum atomic E-state index is 12.7. The van der Waals surface area contributed by atoms with Crippen LogP contribution in [0, 0.1) is 6.92 Å². The highest BCUT2D eigenvalue weighted by molar-refractivity contribution is 7.84. The molecule has 0 saturated heterocycles. The zero-order chi connectivity index (χ0) is 18.0. The molecule has 0 radical (unpaired) electrons. The van der Waals surface area contributed by atoms with Crippen LogP contribution in [0.1, 0.15) is 16.8 Å². The molecule has 3 rings (SSSR count). The van der Waals surface area contributed by atoms with Crippen molar-refractivity contribution >= 4 is 21.8 Å². The summed E-state index contributed by atoms with van der Waals surface area (Å²) in [6.45, 7) is 1.61. The van der Waals surface area contributed by atoms with Crippen molar-refractivity contribution in [2.75, 3.05) is 14.2 Å². The number of hydrogen-bond acceptors (Lipinski definition) is 6. The SMILES string of the molecule is COc1ccc2nc(S(=O)Cc3ncc(C)c(OC)c3CO)[nH]c2c1. The van der Waals surface area contributed by atoms with Gasteiger partial charge in [0.05, 0.1) is 54.1 Å². The Morgan fingerprint density at radius 3 is 2.76 bits per heavy atom. The summed E-state index contributed by atoms with van der Waals surface area (Å²) in [6, 6.07) is 5.40. The first kappa shape index (κ1) is 17.4. The molecule has 0 bridgehead atoms. The van der Waals surface area contributed by atoms with E-state index in [1.54, 1.807) is 31.5 Å². The second-order valence-corrected chi connectivity index (χ2v) is 6.84. The number of nitrogens with one attached hydrogen (secondary N) is 1. The molecule has 8 heteroatoms. The number of aliphatic hydroxyl groups excluding tert-OH is 1. The van der Waals surface area contributed by atoms with Gasteiger partial charge in [0.2, 0.25) is 0 Å². The van der Waals surface area contributed by atoms with Crippen molar-refractivity contribution in [2.45, 2.75) is 24.4 Å². The highest BCUT2D eigenvalue weighted by Gasteiger charge is 2.18. The van der Waals surface area contributed by atoms with Crippen molar-refractivity contribution in [3.05, 3.63) is 41.2 Å². The van der Waals surface area contributed by atoms with E-state index < -0.39 is 10.8 Å². The van der Waals surface area contributed by atoms with E-state index >= 15 is 0 Å². The molecular weight excluding hydrogens is 342 g/mol. The standard InChI is InChI=1S/C17H19N3O4S/c1-10-7-18-15(12(8-21)16(10)24-3)9-25(22)17-19-13-5-4-11(23-2)6-14(13)20-17/h4-7,21H,8-9H2,1-3H3,(H,19,20). The predicted octanol–water partition coefficient (Wildman–Crippen LogP) is 2.08. The third-order valence-electron chi connectivity index (χ3n) is 3.91. The average molecular weight is 361 g/mol. The molecule has 0 aliphatic carbocycles. The summed E-state index contributed by atoms with van der Waals surface area (Å²) >= 11 is 0. The summed E-state index contributed by atoms with van der Waals surface area (Å²) in [4.78, 5) is 11.7. The van der Waals surface area contributed by atoms with Crippen LogP contribution >= 0.6 is 0 Å². The van der Waals surface area contributed by atoms with Crippen LogP contribution in [0.5, 0.6) is 11.5 Å². The molecule has 0 fully saturated rings. The number of ether oxygens (including phenoxy) is 2. The Morgan fingerprint density at radius 1 is 1.28 bits per heavy atom. The zero-order valence-corrected chi connectivity index (χ0v) is 15.0. The number of pyridine rings is 1. The number of imidazole rings is 1. The highest BCUT2D eigenvalue weighted by atomic mass is 32.2. The number of benzene rings is 1. The second-order valence-electron chi connectivity index (χ2n) is 5.47. The fraction of sp³-hybridized carbons (Fsp3) is 0.294. The monoisotopic (exact) mass is 361 g/mol. The van der Waals surface area contributed by atoms with Gasteiger partial charge in [-0.15, -0.1) is 0 Å². The minimum Gasteiger partial charge on any atom is -0.497 e. The molecular formula is C17H19N3O4S. The van der Waals surface area contributed by atoms with Crippen molar-refractivity contribution in [3.63, 3.8) is 0 Å². The van der Waals surface area contributed by atoms with Gasteiger partial charge in [-0.2, -0.15) is 0 Å². The Balaban J connectivity index is 1.92. The lowest BCUT2D eigenvalue weighted by atomic mass is 10.1. The summed E-state index contributed by atoms with van der Waals surface area (Å²) in [7, 11) is 1.68. The molecule has 2 heterocycles. The fourth-order valence-electron chi connectivity index (χ4n) is 2.64. The molecule has 0 aliphatic heterocycles. The lowest BCUT2D eigenvalue weighted by Crippen LogP contribution is -2.07. The smallest absolute Gasteiger partial charge is 0.197 e. The Bertz CT molecular complexity index is 939. The van der Waals surface area contributed by atoms with E-state index in [0.29, 0.717) is 33.4 Å². The number of hydrogen-bond donors (Lipinski definition) is 2. The molecule has 132 valence electrons. The first-order valence-electron chi connectivity index (χ1n) is 7.61. The number of rotatable bonds is 6. The van der Waals surface area contributed by atoms with E-state index in [0.717, 1.165) is 11.1 Å². The number of aliphatic hydroxyl groups is 1. The number of methoxy groups -OCH3 is 2. The number of aryl methyl sites for hydroxylation is 1. The molecule has 1 atom stereocenters. The second kappa shape index (κ2) is 7.20. The van der Waals surface area contributed by atoms with Crippen molar-refractivity contribution in [3.8, 4) is 11.5 Å². The first-order chi connectivity index (χ1) is 12.1. The summed E-state index contributed by atoms with van der Waals surface area (Å²) in [6.07, 6.45) is 1.65. The largest absolute Gasteiger partial charge is 0.497 e. The van der Waals surface area contributed by atoms with Gasteiger partial charge in [0.1, 0.15) is 11.5 Å². The lowest BCUT2D eigenvalue weighted by Gasteiger charge is -2.13. The van der Waals surface area contributed by atoms with Gasteiger partial charge in [0.25, 0.3) is 0 Å². The Kier molecular flexibility index (Phi) is 5.00. The molecule has 2 N–H and O–H groups in total. The summed E-state index contributed by atoms with van der Waals surface area (Å²) in [5.74, 6) is 1.39. The van der Waals surface area contributed by atoms with Crippen molar-refractivity contribution < 1.29 is 18.8 Å². The van der Waals surface area contributed by atoms with E-state index in [1.165, 1.54) is 7.11 Å². The van der Waals surface area contributed by atoms with E-state index in [1.807, 2.05) is 6.92 Å². The van der Waals surface area contributed by atoms with Gasteiger partial charge in [0.15, 0.2) is 5.16 Å². The Morgan fingerprint density at radius 2 is 2.08 bits per heavy atom. The summed E-state index contributed by atoms with van der Waals surface area (Å²) in [5.41, 5.74) is 3.35. The van der Waals surface area contributed by atoms with Crippen LogP contribution in [-0.2, 0) is 23.2 Å². The molecule has 0 aliphatic rings. The maximum absolute atomic E-state index is 12.7. The predicted molar refractivity (Wildman–Crippen MR) is 94.2 cm³/mol. The van der Waals surface area contributed by atoms with Gasteiger partial charge in [-0.05, 0) is 19.1 Å². The quantitative estimate of drug-likeness (QED) is 0.698. The average Bonchev–Trinajstić information content (AvgIpc) is 3.05. The van der Waals surface area contributed by atoms with Gasteiger partial charge in [-0.25, -0.2) is 4.98 Å². The molecule has 7 nitrogen and oxygen atoms in total. The number of fused-ring (bicyclic) bond motifs is 1. The Hall–Kier alpha value is -2.45. The Labute approximate surface area is 147 Å². The fourth-order valence-corrected chi connectivity index (χ4v) is 3.70. The molecule has 25 heavy (non-hydrogen) atoms. The van der Waals surface area contributed by atoms with Crippen molar-refractivity contribution in [2.24, 2.45) is 0 Å². The molecule has 1 aromatic carbocycles. The third kappa shape index (κ3) is 3.35. The molecule has 2 aromatic heterocycles. The number of nitrogens with zero attached hydrogens (tertiary/aromatic N) is 2. The van der Waals surface area contributed by atoms with Gasteiger partial charge < -0.3 is 19.6 Å². The van der Waals surface area contributed by atoms with E-state index in [-0.39, 0.29) is 12.4 Å². The number of aromatic amines is 1. The number of aromatic nitrogens is 3. The van der Waals surface area contributed by atoms with Crippen LogP contribution in [-0.4, -0.2) is 38.5 Å². The number of H-pyrrole nitrogens is 1.